The predicted molar refractivity (Wildman–Crippen MR) is 91.1 cm³/mol. The van der Waals surface area contributed by atoms with Gasteiger partial charge < -0.3 is 14.6 Å². The van der Waals surface area contributed by atoms with Gasteiger partial charge in [0.2, 0.25) is 0 Å². The Balaban J connectivity index is 1.68. The largest absolute Gasteiger partial charge is 0.497 e. The number of carbonyl (C=O) groups excluding carboxylic acids is 1. The van der Waals surface area contributed by atoms with Gasteiger partial charge in [0.05, 0.1) is 24.2 Å². The average Bonchev–Trinajstić information content (AvgIpc) is 3.09. The molecule has 0 bridgehead atoms. The molecule has 1 N–H and O–H groups in total. The molecular formula is C18H14ClFN2O3. The van der Waals surface area contributed by atoms with Crippen molar-refractivity contribution in [2.75, 3.05) is 7.11 Å². The third kappa shape index (κ3) is 3.80. The van der Waals surface area contributed by atoms with E-state index in [-0.39, 0.29) is 17.1 Å². The summed E-state index contributed by atoms with van der Waals surface area (Å²) in [6.07, 6.45) is 0. The summed E-state index contributed by atoms with van der Waals surface area (Å²) in [5.74, 6) is -0.00508. The van der Waals surface area contributed by atoms with Gasteiger partial charge in [-0.15, -0.1) is 0 Å². The highest BCUT2D eigenvalue weighted by Gasteiger charge is 2.16. The van der Waals surface area contributed by atoms with Gasteiger partial charge in [-0.3, -0.25) is 4.79 Å². The standard InChI is InChI=1S/C18H14ClFN2O3/c1-24-13-7-5-11(6-8-13)16-9-12(22-25-16)10-21-18(23)17-14(19)3-2-4-15(17)20/h2-9H,10H2,1H3,(H,21,23). The second kappa shape index (κ2) is 7.36. The molecule has 3 rings (SSSR count). The van der Waals surface area contributed by atoms with Crippen LogP contribution in [0.3, 0.4) is 0 Å². The number of nitrogens with zero attached hydrogens (tertiary/aromatic N) is 1. The maximum Gasteiger partial charge on any atom is 0.256 e. The fourth-order valence-electron chi connectivity index (χ4n) is 2.26. The van der Waals surface area contributed by atoms with Crippen LogP contribution in [0.5, 0.6) is 5.75 Å². The van der Waals surface area contributed by atoms with Crippen LogP contribution >= 0.6 is 11.6 Å². The molecule has 0 radical (unpaired) electrons. The Morgan fingerprint density at radius 2 is 2.04 bits per heavy atom. The molecule has 0 spiro atoms. The van der Waals surface area contributed by atoms with Gasteiger partial charge in [0.25, 0.3) is 5.91 Å². The van der Waals surface area contributed by atoms with Crippen LogP contribution in [0.1, 0.15) is 16.1 Å². The number of amides is 1. The topological polar surface area (TPSA) is 64.4 Å². The predicted octanol–water partition coefficient (Wildman–Crippen LogP) is 4.07. The first-order valence-corrected chi connectivity index (χ1v) is 7.78. The van der Waals surface area contributed by atoms with E-state index in [1.165, 1.54) is 18.2 Å². The lowest BCUT2D eigenvalue weighted by Crippen LogP contribution is -2.24. The lowest BCUT2D eigenvalue weighted by Gasteiger charge is -2.05. The Kier molecular flexibility index (Phi) is 5.00. The molecule has 0 fully saturated rings. The van der Waals surface area contributed by atoms with Gasteiger partial charge in [-0.1, -0.05) is 22.8 Å². The molecule has 7 heteroatoms. The Morgan fingerprint density at radius 3 is 2.72 bits per heavy atom. The lowest BCUT2D eigenvalue weighted by molar-refractivity contribution is 0.0946. The number of carbonyl (C=O) groups is 1. The molecule has 0 aliphatic carbocycles. The molecule has 0 unspecified atom stereocenters. The fourth-order valence-corrected chi connectivity index (χ4v) is 2.51. The number of rotatable bonds is 5. The number of hydrogen-bond donors (Lipinski definition) is 1. The molecule has 3 aromatic rings. The molecule has 0 saturated heterocycles. The first kappa shape index (κ1) is 17.0. The van der Waals surface area contributed by atoms with Crippen LogP contribution in [0.4, 0.5) is 4.39 Å². The molecular weight excluding hydrogens is 347 g/mol. The molecule has 25 heavy (non-hydrogen) atoms. The van der Waals surface area contributed by atoms with Crippen molar-refractivity contribution in [2.45, 2.75) is 6.54 Å². The Labute approximate surface area is 148 Å². The molecule has 0 aliphatic rings. The molecule has 5 nitrogen and oxygen atoms in total. The summed E-state index contributed by atoms with van der Waals surface area (Å²) >= 11 is 5.87. The number of ether oxygens (including phenoxy) is 1. The van der Waals surface area contributed by atoms with E-state index in [9.17, 15) is 9.18 Å². The summed E-state index contributed by atoms with van der Waals surface area (Å²) in [5.41, 5.74) is 1.14. The second-order valence-corrected chi connectivity index (χ2v) is 5.60. The van der Waals surface area contributed by atoms with Crippen LogP contribution in [0.2, 0.25) is 5.02 Å². The monoisotopic (exact) mass is 360 g/mol. The average molecular weight is 361 g/mol. The van der Waals surface area contributed by atoms with E-state index in [1.54, 1.807) is 25.3 Å². The lowest BCUT2D eigenvalue weighted by atomic mass is 10.1. The van der Waals surface area contributed by atoms with Crippen molar-refractivity contribution in [3.63, 3.8) is 0 Å². The quantitative estimate of drug-likeness (QED) is 0.744. The van der Waals surface area contributed by atoms with Crippen LogP contribution in [0.15, 0.2) is 53.1 Å². The summed E-state index contributed by atoms with van der Waals surface area (Å²) in [4.78, 5) is 12.1. The van der Waals surface area contributed by atoms with Crippen molar-refractivity contribution in [1.29, 1.82) is 0 Å². The molecule has 0 saturated carbocycles. The highest BCUT2D eigenvalue weighted by molar-refractivity contribution is 6.33. The minimum atomic E-state index is -0.677. The molecule has 2 aromatic carbocycles. The summed E-state index contributed by atoms with van der Waals surface area (Å²) in [5, 5.41) is 6.52. The van der Waals surface area contributed by atoms with Gasteiger partial charge in [0, 0.05) is 11.6 Å². The van der Waals surface area contributed by atoms with Crippen molar-refractivity contribution in [1.82, 2.24) is 10.5 Å². The van der Waals surface area contributed by atoms with E-state index < -0.39 is 11.7 Å². The Hall–Kier alpha value is -2.86. The summed E-state index contributed by atoms with van der Waals surface area (Å²) in [6.45, 7) is 0.0865. The first-order valence-electron chi connectivity index (χ1n) is 7.40. The highest BCUT2D eigenvalue weighted by atomic mass is 35.5. The number of methoxy groups -OCH3 is 1. The van der Waals surface area contributed by atoms with E-state index in [1.807, 2.05) is 12.1 Å². The normalized spacial score (nSPS) is 10.5. The van der Waals surface area contributed by atoms with Crippen molar-refractivity contribution in [3.05, 3.63) is 70.6 Å². The third-order valence-electron chi connectivity index (χ3n) is 3.55. The van der Waals surface area contributed by atoms with Crippen molar-refractivity contribution in [3.8, 4) is 17.1 Å². The van der Waals surface area contributed by atoms with Crippen molar-refractivity contribution in [2.24, 2.45) is 0 Å². The number of aromatic nitrogens is 1. The zero-order chi connectivity index (χ0) is 17.8. The second-order valence-electron chi connectivity index (χ2n) is 5.19. The van der Waals surface area contributed by atoms with Gasteiger partial charge in [0.15, 0.2) is 5.76 Å². The van der Waals surface area contributed by atoms with Gasteiger partial charge in [-0.25, -0.2) is 4.39 Å². The maximum absolute atomic E-state index is 13.7. The van der Waals surface area contributed by atoms with Gasteiger partial charge in [-0.2, -0.15) is 0 Å². The van der Waals surface area contributed by atoms with Crippen molar-refractivity contribution < 1.29 is 18.4 Å². The molecule has 128 valence electrons. The number of benzene rings is 2. The SMILES string of the molecule is COc1ccc(-c2cc(CNC(=O)c3c(F)cccc3Cl)no2)cc1. The van der Waals surface area contributed by atoms with E-state index in [2.05, 4.69) is 10.5 Å². The fraction of sp³-hybridized carbons (Fsp3) is 0.111. The van der Waals surface area contributed by atoms with Crippen LogP contribution in [0.25, 0.3) is 11.3 Å². The number of halogens is 2. The molecule has 0 aliphatic heterocycles. The molecule has 1 amide bonds. The molecule has 1 aromatic heterocycles. The Morgan fingerprint density at radius 1 is 1.28 bits per heavy atom. The summed E-state index contributed by atoms with van der Waals surface area (Å²) in [7, 11) is 1.59. The van der Waals surface area contributed by atoms with Gasteiger partial charge in [0.1, 0.15) is 17.3 Å². The van der Waals surface area contributed by atoms with Crippen LogP contribution in [-0.2, 0) is 6.54 Å². The minimum Gasteiger partial charge on any atom is -0.497 e. The first-order chi connectivity index (χ1) is 12.1. The zero-order valence-corrected chi connectivity index (χ0v) is 14.0. The van der Waals surface area contributed by atoms with Gasteiger partial charge >= 0.3 is 0 Å². The zero-order valence-electron chi connectivity index (χ0n) is 13.3. The smallest absolute Gasteiger partial charge is 0.256 e. The molecule has 1 heterocycles. The highest BCUT2D eigenvalue weighted by Crippen LogP contribution is 2.23. The molecule has 0 atom stereocenters. The number of nitrogens with one attached hydrogen (secondary N) is 1. The Bertz CT molecular complexity index is 873. The van der Waals surface area contributed by atoms with E-state index in [0.717, 1.165) is 11.3 Å². The maximum atomic E-state index is 13.7. The summed E-state index contributed by atoms with van der Waals surface area (Å²) < 4.78 is 24.1. The third-order valence-corrected chi connectivity index (χ3v) is 3.87. The van der Waals surface area contributed by atoms with Crippen LogP contribution in [-0.4, -0.2) is 18.2 Å². The number of hydrogen-bond acceptors (Lipinski definition) is 4. The van der Waals surface area contributed by atoms with E-state index >= 15 is 0 Å². The van der Waals surface area contributed by atoms with Crippen molar-refractivity contribution >= 4 is 17.5 Å². The van der Waals surface area contributed by atoms with E-state index in [0.29, 0.717) is 11.5 Å². The minimum absolute atomic E-state index is 0.0524. The van der Waals surface area contributed by atoms with E-state index in [4.69, 9.17) is 20.9 Å². The summed E-state index contributed by atoms with van der Waals surface area (Å²) in [6, 6.07) is 13.1. The van der Waals surface area contributed by atoms with Crippen LogP contribution in [0, 0.1) is 5.82 Å². The van der Waals surface area contributed by atoms with Gasteiger partial charge in [-0.05, 0) is 36.4 Å². The van der Waals surface area contributed by atoms with Crippen LogP contribution < -0.4 is 10.1 Å².